The fraction of sp³-hybridized carbons (Fsp3) is 0.400. The van der Waals surface area contributed by atoms with E-state index in [4.69, 9.17) is 4.74 Å². The zero-order valence-corrected chi connectivity index (χ0v) is 21.8. The number of rotatable bonds is 7. The molecule has 2 aromatic carbocycles. The van der Waals surface area contributed by atoms with Gasteiger partial charge in [0.15, 0.2) is 0 Å². The van der Waals surface area contributed by atoms with E-state index in [1.165, 1.54) is 31.2 Å². The van der Waals surface area contributed by atoms with E-state index in [9.17, 15) is 27.9 Å². The maximum Gasteiger partial charge on any atom is 0.416 e. The number of benzene rings is 2. The highest BCUT2D eigenvalue weighted by Crippen LogP contribution is 2.52. The predicted octanol–water partition coefficient (Wildman–Crippen LogP) is 4.87. The normalized spacial score (nSPS) is 25.6. The van der Waals surface area contributed by atoms with Crippen LogP contribution in [0.5, 0.6) is 5.75 Å². The van der Waals surface area contributed by atoms with E-state index in [2.05, 4.69) is 16.8 Å². The number of hydrogen-bond acceptors (Lipinski definition) is 5. The van der Waals surface area contributed by atoms with Crippen LogP contribution in [0.15, 0.2) is 67.3 Å². The van der Waals surface area contributed by atoms with Crippen molar-refractivity contribution in [3.05, 3.63) is 84.0 Å². The minimum Gasteiger partial charge on any atom is -0.427 e. The summed E-state index contributed by atoms with van der Waals surface area (Å²) in [6.07, 6.45) is 1.97. The minimum absolute atomic E-state index is 0.270. The number of carbonyl (C=O) groups excluding carboxylic acids is 2. The van der Waals surface area contributed by atoms with Crippen molar-refractivity contribution in [2.24, 2.45) is 0 Å². The van der Waals surface area contributed by atoms with Crippen LogP contribution in [-0.2, 0) is 21.2 Å². The van der Waals surface area contributed by atoms with Gasteiger partial charge in [0, 0.05) is 37.5 Å². The number of halogens is 3. The molecule has 208 valence electrons. The number of amides is 1. The van der Waals surface area contributed by atoms with Crippen molar-refractivity contribution in [1.29, 1.82) is 0 Å². The van der Waals surface area contributed by atoms with Crippen molar-refractivity contribution >= 4 is 18.0 Å². The quantitative estimate of drug-likeness (QED) is 0.226. The van der Waals surface area contributed by atoms with Crippen molar-refractivity contribution in [3.8, 4) is 5.75 Å². The summed E-state index contributed by atoms with van der Waals surface area (Å²) in [5.41, 5.74) is -1.47. The summed E-state index contributed by atoms with van der Waals surface area (Å²) in [5.74, 6) is -0.474. The molecule has 3 unspecified atom stereocenters. The molecule has 1 heterocycles. The second kappa shape index (κ2) is 11.4. The molecule has 4 rings (SSSR count). The number of aliphatic hydroxyl groups is 1. The van der Waals surface area contributed by atoms with Crippen molar-refractivity contribution in [3.63, 3.8) is 0 Å². The molecule has 0 bridgehead atoms. The van der Waals surface area contributed by atoms with Gasteiger partial charge < -0.3 is 15.2 Å². The topological polar surface area (TPSA) is 78.9 Å². The van der Waals surface area contributed by atoms with Gasteiger partial charge in [0.25, 0.3) is 0 Å². The van der Waals surface area contributed by atoms with Crippen LogP contribution in [0.3, 0.4) is 0 Å². The standard InChI is InChI=1S/C30H33F3N2O4/c1-3-15-35-16-14-28(23-7-5-9-26(18-23)39-21(2)36)19-25(12-13-29(28,38)20-35)34-27(37)11-10-22-6-4-8-24(17-22)30(31,32)33/h3-11,17-18,25,38H,1,12-16,19-20H2,2H3,(H,34,37). The Labute approximate surface area is 226 Å². The Hall–Kier alpha value is -3.43. The Bertz CT molecular complexity index is 1260. The zero-order chi connectivity index (χ0) is 28.3. The number of likely N-dealkylation sites (tertiary alicyclic amines) is 1. The van der Waals surface area contributed by atoms with Crippen LogP contribution in [0.2, 0.25) is 0 Å². The number of esters is 1. The molecule has 1 amide bonds. The van der Waals surface area contributed by atoms with Gasteiger partial charge >= 0.3 is 12.1 Å². The van der Waals surface area contributed by atoms with Gasteiger partial charge in [-0.3, -0.25) is 14.5 Å². The fourth-order valence-electron chi connectivity index (χ4n) is 5.98. The lowest BCUT2D eigenvalue weighted by Gasteiger charge is -2.58. The Kier molecular flexibility index (Phi) is 8.32. The number of nitrogens with zero attached hydrogens (tertiary/aromatic N) is 1. The van der Waals surface area contributed by atoms with Crippen molar-refractivity contribution < 1.29 is 32.6 Å². The van der Waals surface area contributed by atoms with E-state index < -0.39 is 34.6 Å². The van der Waals surface area contributed by atoms with E-state index in [0.29, 0.717) is 51.1 Å². The average molecular weight is 543 g/mol. The van der Waals surface area contributed by atoms with Crippen LogP contribution in [0.25, 0.3) is 6.08 Å². The van der Waals surface area contributed by atoms with Crippen LogP contribution in [-0.4, -0.2) is 53.2 Å². The SMILES string of the molecule is C=CCN1CCC2(c3cccc(OC(C)=O)c3)CC(NC(=O)C=Cc3cccc(C(F)(F)F)c3)CCC2(O)C1. The van der Waals surface area contributed by atoms with Gasteiger partial charge in [-0.25, -0.2) is 0 Å². The van der Waals surface area contributed by atoms with E-state index in [1.54, 1.807) is 24.3 Å². The lowest BCUT2D eigenvalue weighted by atomic mass is 9.55. The van der Waals surface area contributed by atoms with E-state index in [0.717, 1.165) is 17.7 Å². The molecule has 0 spiro atoms. The number of ether oxygens (including phenoxy) is 1. The second-order valence-corrected chi connectivity index (χ2v) is 10.4. The number of hydrogen-bond donors (Lipinski definition) is 2. The third-order valence-corrected chi connectivity index (χ3v) is 7.76. The molecule has 0 radical (unpaired) electrons. The number of β-amino-alcohol motifs (C(OH)–C–C–N with tert-alkyl or cyclic N) is 1. The first-order valence-corrected chi connectivity index (χ1v) is 12.9. The summed E-state index contributed by atoms with van der Waals surface area (Å²) >= 11 is 0. The monoisotopic (exact) mass is 542 g/mol. The molecular formula is C30H33F3N2O4. The van der Waals surface area contributed by atoms with Crippen molar-refractivity contribution in [2.45, 2.75) is 55.8 Å². The lowest BCUT2D eigenvalue weighted by Crippen LogP contribution is -2.67. The summed E-state index contributed by atoms with van der Waals surface area (Å²) in [7, 11) is 0. The second-order valence-electron chi connectivity index (χ2n) is 10.4. The molecule has 3 atom stereocenters. The highest BCUT2D eigenvalue weighted by atomic mass is 19.4. The van der Waals surface area contributed by atoms with Crippen LogP contribution in [0, 0.1) is 0 Å². The first kappa shape index (κ1) is 28.6. The van der Waals surface area contributed by atoms with Gasteiger partial charge in [0.1, 0.15) is 5.75 Å². The summed E-state index contributed by atoms with van der Waals surface area (Å²) in [5, 5.41) is 15.0. The molecule has 2 fully saturated rings. The zero-order valence-electron chi connectivity index (χ0n) is 21.8. The number of nitrogens with one attached hydrogen (secondary N) is 1. The summed E-state index contributed by atoms with van der Waals surface area (Å²) in [6, 6.07) is 11.7. The highest BCUT2D eigenvalue weighted by Gasteiger charge is 2.57. The third kappa shape index (κ3) is 6.42. The van der Waals surface area contributed by atoms with Crippen LogP contribution in [0.4, 0.5) is 13.2 Å². The lowest BCUT2D eigenvalue weighted by molar-refractivity contribution is -0.137. The number of carbonyl (C=O) groups is 2. The molecule has 1 saturated heterocycles. The maximum atomic E-state index is 13.0. The number of fused-ring (bicyclic) bond motifs is 1. The van der Waals surface area contributed by atoms with Gasteiger partial charge in [-0.05, 0) is 73.7 Å². The number of piperidine rings is 1. The van der Waals surface area contributed by atoms with Crippen LogP contribution >= 0.6 is 0 Å². The summed E-state index contributed by atoms with van der Waals surface area (Å²) in [4.78, 5) is 26.5. The molecule has 39 heavy (non-hydrogen) atoms. The van der Waals surface area contributed by atoms with Gasteiger partial charge in [-0.15, -0.1) is 6.58 Å². The van der Waals surface area contributed by atoms with Crippen molar-refractivity contribution in [2.75, 3.05) is 19.6 Å². The first-order chi connectivity index (χ1) is 18.4. The summed E-state index contributed by atoms with van der Waals surface area (Å²) < 4.78 is 44.4. The van der Waals surface area contributed by atoms with Crippen LogP contribution in [0.1, 0.15) is 49.3 Å². The molecular weight excluding hydrogens is 509 g/mol. The van der Waals surface area contributed by atoms with E-state index >= 15 is 0 Å². The molecule has 0 aromatic heterocycles. The predicted molar refractivity (Wildman–Crippen MR) is 142 cm³/mol. The van der Waals surface area contributed by atoms with Gasteiger partial charge in [-0.2, -0.15) is 13.2 Å². The Balaban J connectivity index is 1.56. The molecule has 9 heteroatoms. The fourth-order valence-corrected chi connectivity index (χ4v) is 5.98. The summed E-state index contributed by atoms with van der Waals surface area (Å²) in [6.45, 7) is 6.94. The molecule has 2 aromatic rings. The smallest absolute Gasteiger partial charge is 0.416 e. The number of alkyl halides is 3. The Morgan fingerprint density at radius 3 is 2.69 bits per heavy atom. The first-order valence-electron chi connectivity index (χ1n) is 12.9. The average Bonchev–Trinajstić information content (AvgIpc) is 2.87. The van der Waals surface area contributed by atoms with E-state index in [1.807, 2.05) is 6.07 Å². The largest absolute Gasteiger partial charge is 0.427 e. The van der Waals surface area contributed by atoms with E-state index in [-0.39, 0.29) is 11.6 Å². The third-order valence-electron chi connectivity index (χ3n) is 7.76. The van der Waals surface area contributed by atoms with Crippen LogP contribution < -0.4 is 10.1 Å². The molecule has 1 saturated carbocycles. The Morgan fingerprint density at radius 2 is 1.97 bits per heavy atom. The van der Waals surface area contributed by atoms with Gasteiger partial charge in [0.2, 0.25) is 5.91 Å². The molecule has 2 aliphatic rings. The molecule has 1 aliphatic heterocycles. The van der Waals surface area contributed by atoms with Gasteiger partial charge in [-0.1, -0.05) is 30.3 Å². The minimum atomic E-state index is -4.46. The highest BCUT2D eigenvalue weighted by molar-refractivity contribution is 5.92. The molecule has 2 N–H and O–H groups in total. The van der Waals surface area contributed by atoms with Gasteiger partial charge in [0.05, 0.1) is 11.2 Å². The Morgan fingerprint density at radius 1 is 1.21 bits per heavy atom. The molecule has 6 nitrogen and oxygen atoms in total. The van der Waals surface area contributed by atoms with Crippen molar-refractivity contribution in [1.82, 2.24) is 10.2 Å². The maximum absolute atomic E-state index is 13.0. The molecule has 1 aliphatic carbocycles.